The van der Waals surface area contributed by atoms with Crippen LogP contribution in [0.5, 0.6) is 0 Å². The summed E-state index contributed by atoms with van der Waals surface area (Å²) in [6, 6.07) is 9.05. The van der Waals surface area contributed by atoms with Crippen LogP contribution in [-0.2, 0) is 9.59 Å². The van der Waals surface area contributed by atoms with Crippen LogP contribution in [0.2, 0.25) is 0 Å². The van der Waals surface area contributed by atoms with Crippen LogP contribution in [0.15, 0.2) is 24.3 Å². The molecule has 28 heavy (non-hydrogen) atoms. The van der Waals surface area contributed by atoms with Crippen molar-refractivity contribution in [3.63, 3.8) is 0 Å². The van der Waals surface area contributed by atoms with Gasteiger partial charge in [-0.15, -0.1) is 0 Å². The molecule has 0 aliphatic heterocycles. The fourth-order valence-corrected chi connectivity index (χ4v) is 4.04. The summed E-state index contributed by atoms with van der Waals surface area (Å²) >= 11 is 0. The van der Waals surface area contributed by atoms with E-state index in [0.717, 1.165) is 19.4 Å². The first-order valence-electron chi connectivity index (χ1n) is 10.7. The molecule has 0 saturated heterocycles. The molecule has 5 nitrogen and oxygen atoms in total. The summed E-state index contributed by atoms with van der Waals surface area (Å²) < 4.78 is 0. The monoisotopic (exact) mass is 386 g/mol. The summed E-state index contributed by atoms with van der Waals surface area (Å²) in [6.07, 6.45) is 4.66. The number of benzene rings is 1. The smallest absolute Gasteiger partial charge is 0.317 e. The third kappa shape index (κ3) is 5.81. The van der Waals surface area contributed by atoms with Gasteiger partial charge in [0.25, 0.3) is 0 Å². The Kier molecular flexibility index (Phi) is 6.76. The van der Waals surface area contributed by atoms with Crippen LogP contribution in [0, 0.1) is 5.92 Å². The van der Waals surface area contributed by atoms with Crippen molar-refractivity contribution < 1.29 is 14.7 Å². The first-order valence-corrected chi connectivity index (χ1v) is 10.7. The Hall–Kier alpha value is -1.88. The Balaban J connectivity index is 1.42. The second-order valence-electron chi connectivity index (χ2n) is 9.08. The zero-order valence-corrected chi connectivity index (χ0v) is 17.4. The summed E-state index contributed by atoms with van der Waals surface area (Å²) in [5.74, 6) is 0.715. The highest BCUT2D eigenvalue weighted by Gasteiger charge is 2.37. The number of aliphatic carboxylic acids is 1. The SMILES string of the molecule is CC(C)c1ccc(C(C)CC(=O)NC2CC(N(CC(=O)O)CC3CC3)C2)cc1. The van der Waals surface area contributed by atoms with Crippen LogP contribution in [0.3, 0.4) is 0 Å². The number of carbonyl (C=O) groups excluding carboxylic acids is 1. The van der Waals surface area contributed by atoms with Gasteiger partial charge in [0, 0.05) is 25.0 Å². The van der Waals surface area contributed by atoms with Crippen molar-refractivity contribution in [1.29, 1.82) is 0 Å². The van der Waals surface area contributed by atoms with E-state index in [1.54, 1.807) is 0 Å². The summed E-state index contributed by atoms with van der Waals surface area (Å²) in [6.45, 7) is 7.46. The Morgan fingerprint density at radius 2 is 1.71 bits per heavy atom. The van der Waals surface area contributed by atoms with Gasteiger partial charge in [0.15, 0.2) is 0 Å². The number of carboxylic acids is 1. The molecule has 154 valence electrons. The van der Waals surface area contributed by atoms with E-state index >= 15 is 0 Å². The van der Waals surface area contributed by atoms with Crippen LogP contribution in [0.4, 0.5) is 0 Å². The van der Waals surface area contributed by atoms with Crippen molar-refractivity contribution in [3.05, 3.63) is 35.4 Å². The normalized spacial score (nSPS) is 22.8. The second kappa shape index (κ2) is 9.08. The summed E-state index contributed by atoms with van der Waals surface area (Å²) in [4.78, 5) is 25.6. The van der Waals surface area contributed by atoms with Gasteiger partial charge >= 0.3 is 5.97 Å². The molecule has 2 saturated carbocycles. The predicted molar refractivity (Wildman–Crippen MR) is 110 cm³/mol. The molecule has 3 rings (SSSR count). The third-order valence-corrected chi connectivity index (χ3v) is 6.19. The molecule has 5 heteroatoms. The van der Waals surface area contributed by atoms with Crippen molar-refractivity contribution in [2.24, 2.45) is 5.92 Å². The number of carboxylic acid groups (broad SMARTS) is 1. The molecule has 2 N–H and O–H groups in total. The van der Waals surface area contributed by atoms with E-state index in [4.69, 9.17) is 5.11 Å². The summed E-state index contributed by atoms with van der Waals surface area (Å²) in [5, 5.41) is 12.3. The minimum atomic E-state index is -0.759. The number of carbonyl (C=O) groups is 2. The first-order chi connectivity index (χ1) is 13.3. The molecule has 0 bridgehead atoms. The number of nitrogens with zero attached hydrogens (tertiary/aromatic N) is 1. The van der Waals surface area contributed by atoms with E-state index in [-0.39, 0.29) is 24.4 Å². The predicted octanol–water partition coefficient (Wildman–Crippen LogP) is 3.75. The highest BCUT2D eigenvalue weighted by atomic mass is 16.4. The zero-order chi connectivity index (χ0) is 20.3. The van der Waals surface area contributed by atoms with Crippen LogP contribution in [0.1, 0.15) is 75.8 Å². The van der Waals surface area contributed by atoms with Gasteiger partial charge in [-0.3, -0.25) is 14.5 Å². The van der Waals surface area contributed by atoms with Crippen LogP contribution >= 0.6 is 0 Å². The van der Waals surface area contributed by atoms with Crippen LogP contribution < -0.4 is 5.32 Å². The second-order valence-corrected chi connectivity index (χ2v) is 9.08. The van der Waals surface area contributed by atoms with Crippen molar-refractivity contribution in [1.82, 2.24) is 10.2 Å². The lowest BCUT2D eigenvalue weighted by Gasteiger charge is -2.42. The van der Waals surface area contributed by atoms with Gasteiger partial charge in [-0.05, 0) is 54.6 Å². The van der Waals surface area contributed by atoms with Crippen molar-refractivity contribution in [3.8, 4) is 0 Å². The summed E-state index contributed by atoms with van der Waals surface area (Å²) in [5.41, 5.74) is 2.51. The van der Waals surface area contributed by atoms with Gasteiger partial charge in [0.05, 0.1) is 6.54 Å². The highest BCUT2D eigenvalue weighted by molar-refractivity contribution is 5.77. The number of hydrogen-bond acceptors (Lipinski definition) is 3. The van der Waals surface area contributed by atoms with E-state index in [9.17, 15) is 9.59 Å². The van der Waals surface area contributed by atoms with Crippen LogP contribution in [-0.4, -0.2) is 47.1 Å². The average Bonchev–Trinajstić information content (AvgIpc) is 3.40. The van der Waals surface area contributed by atoms with Gasteiger partial charge in [0.2, 0.25) is 5.91 Å². The Morgan fingerprint density at radius 3 is 2.25 bits per heavy atom. The molecule has 2 aliphatic carbocycles. The quantitative estimate of drug-likeness (QED) is 0.643. The molecule has 1 unspecified atom stereocenters. The van der Waals surface area contributed by atoms with E-state index in [1.807, 2.05) is 0 Å². The number of rotatable bonds is 10. The van der Waals surface area contributed by atoms with Gasteiger partial charge in [-0.25, -0.2) is 0 Å². The molecule has 1 aromatic rings. The number of hydrogen-bond donors (Lipinski definition) is 2. The molecule has 1 amide bonds. The molecule has 0 radical (unpaired) electrons. The maximum Gasteiger partial charge on any atom is 0.317 e. The minimum absolute atomic E-state index is 0.0934. The Bertz CT molecular complexity index is 676. The molecule has 1 aromatic carbocycles. The lowest BCUT2D eigenvalue weighted by Crippen LogP contribution is -2.55. The van der Waals surface area contributed by atoms with Crippen LogP contribution in [0.25, 0.3) is 0 Å². The molecular formula is C23H34N2O3. The number of nitrogens with one attached hydrogen (secondary N) is 1. The molecule has 1 atom stereocenters. The average molecular weight is 387 g/mol. The topological polar surface area (TPSA) is 69.6 Å². The maximum atomic E-state index is 12.4. The lowest BCUT2D eigenvalue weighted by molar-refractivity contribution is -0.140. The Labute approximate surface area is 168 Å². The maximum absolute atomic E-state index is 12.4. The van der Waals surface area contributed by atoms with Gasteiger partial charge in [-0.2, -0.15) is 0 Å². The van der Waals surface area contributed by atoms with Gasteiger partial charge in [0.1, 0.15) is 0 Å². The molecule has 2 fully saturated rings. The van der Waals surface area contributed by atoms with E-state index in [0.29, 0.717) is 24.3 Å². The molecule has 0 spiro atoms. The summed E-state index contributed by atoms with van der Waals surface area (Å²) in [7, 11) is 0. The highest BCUT2D eigenvalue weighted by Crippen LogP contribution is 2.34. The first kappa shape index (κ1) is 20.8. The third-order valence-electron chi connectivity index (χ3n) is 6.19. The van der Waals surface area contributed by atoms with Crippen molar-refractivity contribution in [2.45, 2.75) is 76.8 Å². The fourth-order valence-electron chi connectivity index (χ4n) is 4.04. The lowest BCUT2D eigenvalue weighted by atomic mass is 9.84. The van der Waals surface area contributed by atoms with Gasteiger partial charge < -0.3 is 10.4 Å². The zero-order valence-electron chi connectivity index (χ0n) is 17.4. The van der Waals surface area contributed by atoms with E-state index < -0.39 is 5.97 Å². The standard InChI is InChI=1S/C23H34N2O3/c1-15(2)18-6-8-19(9-7-18)16(3)10-22(26)24-20-11-21(12-20)25(14-23(27)28)13-17-4-5-17/h6-9,15-17,20-21H,4-5,10-14H2,1-3H3,(H,24,26)(H,27,28). The molecule has 0 aromatic heterocycles. The molecule has 0 heterocycles. The fraction of sp³-hybridized carbons (Fsp3) is 0.652. The van der Waals surface area contributed by atoms with Crippen molar-refractivity contribution in [2.75, 3.05) is 13.1 Å². The molecular weight excluding hydrogens is 352 g/mol. The number of amides is 1. The molecule has 2 aliphatic rings. The van der Waals surface area contributed by atoms with E-state index in [1.165, 1.54) is 24.0 Å². The largest absolute Gasteiger partial charge is 0.480 e. The minimum Gasteiger partial charge on any atom is -0.480 e. The Morgan fingerprint density at radius 1 is 1.11 bits per heavy atom. The van der Waals surface area contributed by atoms with Crippen molar-refractivity contribution >= 4 is 11.9 Å². The van der Waals surface area contributed by atoms with E-state index in [2.05, 4.69) is 55.3 Å². The van der Waals surface area contributed by atoms with Gasteiger partial charge in [-0.1, -0.05) is 45.0 Å².